The Labute approximate surface area is 170 Å². The predicted molar refractivity (Wildman–Crippen MR) is 109 cm³/mol. The number of carbonyl (C=O) groups is 1. The molecule has 156 valence electrons. The Kier molecular flexibility index (Phi) is 5.60. The molecule has 29 heavy (non-hydrogen) atoms. The predicted octanol–water partition coefficient (Wildman–Crippen LogP) is 3.89. The summed E-state index contributed by atoms with van der Waals surface area (Å²) in [6.45, 7) is 2.89. The highest BCUT2D eigenvalue weighted by atomic mass is 16.5. The van der Waals surface area contributed by atoms with Crippen LogP contribution in [0.2, 0.25) is 0 Å². The molecule has 2 aromatic heterocycles. The van der Waals surface area contributed by atoms with Gasteiger partial charge in [0.05, 0.1) is 13.7 Å². The van der Waals surface area contributed by atoms with E-state index < -0.39 is 0 Å². The van der Waals surface area contributed by atoms with Gasteiger partial charge < -0.3 is 20.1 Å². The molecule has 0 saturated heterocycles. The van der Waals surface area contributed by atoms with Gasteiger partial charge in [0.1, 0.15) is 0 Å². The summed E-state index contributed by atoms with van der Waals surface area (Å²) in [6, 6.07) is 6.06. The molecule has 0 bridgehead atoms. The zero-order chi connectivity index (χ0) is 20.3. The number of hydrogen-bond acceptors (Lipinski definition) is 6. The molecule has 2 heterocycles. The fourth-order valence-electron chi connectivity index (χ4n) is 4.25. The maximum atomic E-state index is 11.2. The van der Waals surface area contributed by atoms with Crippen molar-refractivity contribution in [2.45, 2.75) is 56.9 Å². The second-order valence-electron chi connectivity index (χ2n) is 8.42. The molecule has 0 aliphatic heterocycles. The summed E-state index contributed by atoms with van der Waals surface area (Å²) in [5.41, 5.74) is 2.30. The van der Waals surface area contributed by atoms with Crippen LogP contribution >= 0.6 is 0 Å². The summed E-state index contributed by atoms with van der Waals surface area (Å²) >= 11 is 0. The maximum Gasteiger partial charge on any atom is 0.407 e. The molecule has 8 nitrogen and oxygen atoms in total. The van der Waals surface area contributed by atoms with Gasteiger partial charge in [-0.3, -0.25) is 5.10 Å². The van der Waals surface area contributed by atoms with Gasteiger partial charge in [-0.15, -0.1) is 0 Å². The van der Waals surface area contributed by atoms with Gasteiger partial charge >= 0.3 is 6.09 Å². The highest BCUT2D eigenvalue weighted by Crippen LogP contribution is 2.40. The normalized spacial score (nSPS) is 22.6. The highest BCUT2D eigenvalue weighted by molar-refractivity contribution is 5.67. The first kappa shape index (κ1) is 19.5. The van der Waals surface area contributed by atoms with Gasteiger partial charge in [0.15, 0.2) is 5.82 Å². The second kappa shape index (κ2) is 8.31. The number of pyridine rings is 1. The lowest BCUT2D eigenvalue weighted by Crippen LogP contribution is -2.45. The average Bonchev–Trinajstić information content (AvgIpc) is 3.34. The van der Waals surface area contributed by atoms with E-state index in [1.165, 1.54) is 38.5 Å². The van der Waals surface area contributed by atoms with E-state index in [9.17, 15) is 4.79 Å². The number of aromatic amines is 1. The van der Waals surface area contributed by atoms with Gasteiger partial charge in [-0.05, 0) is 37.7 Å². The first-order chi connectivity index (χ1) is 14.0. The summed E-state index contributed by atoms with van der Waals surface area (Å²) in [5.74, 6) is 1.80. The van der Waals surface area contributed by atoms with Crippen molar-refractivity contribution in [1.82, 2.24) is 20.5 Å². The standard InChI is InChI=1S/C21H29N5O3/c1-21(6-3-4-7-21)17-12-18(26-25-17)23-15-5-8-22-19(11-15)29-13-14-9-16(10-14)24-20(27)28-2/h5,8,11-12,14,16H,3-4,6-7,9-10,13H2,1-2H3,(H,24,27)(H2,22,23,25,26). The van der Waals surface area contributed by atoms with Gasteiger partial charge in [0, 0.05) is 41.2 Å². The average molecular weight is 399 g/mol. The molecule has 0 unspecified atom stereocenters. The van der Waals surface area contributed by atoms with Crippen LogP contribution in [-0.4, -0.2) is 41.0 Å². The number of methoxy groups -OCH3 is 1. The number of ether oxygens (including phenoxy) is 2. The van der Waals surface area contributed by atoms with Crippen molar-refractivity contribution in [2.24, 2.45) is 5.92 Å². The molecule has 3 N–H and O–H groups in total. The van der Waals surface area contributed by atoms with Gasteiger partial charge in [-0.2, -0.15) is 5.10 Å². The fourth-order valence-corrected chi connectivity index (χ4v) is 4.25. The number of carbonyl (C=O) groups excluding carboxylic acids is 1. The maximum absolute atomic E-state index is 11.2. The third kappa shape index (κ3) is 4.63. The Morgan fingerprint density at radius 1 is 1.31 bits per heavy atom. The minimum atomic E-state index is -0.377. The van der Waals surface area contributed by atoms with Crippen molar-refractivity contribution in [3.8, 4) is 5.88 Å². The van der Waals surface area contributed by atoms with E-state index in [-0.39, 0.29) is 17.6 Å². The molecule has 2 aliphatic carbocycles. The van der Waals surface area contributed by atoms with Crippen LogP contribution in [0.5, 0.6) is 5.88 Å². The molecule has 2 saturated carbocycles. The minimum absolute atomic E-state index is 0.174. The first-order valence-corrected chi connectivity index (χ1v) is 10.3. The third-order valence-electron chi connectivity index (χ3n) is 6.15. The van der Waals surface area contributed by atoms with Crippen LogP contribution in [0.1, 0.15) is 51.1 Å². The van der Waals surface area contributed by atoms with Gasteiger partial charge in [0.25, 0.3) is 0 Å². The molecule has 8 heteroatoms. The van der Waals surface area contributed by atoms with Crippen molar-refractivity contribution in [2.75, 3.05) is 19.0 Å². The Bertz CT molecular complexity index is 840. The number of H-pyrrole nitrogens is 1. The van der Waals surface area contributed by atoms with Crippen LogP contribution in [0, 0.1) is 5.92 Å². The van der Waals surface area contributed by atoms with Crippen molar-refractivity contribution in [3.05, 3.63) is 30.1 Å². The Balaban J connectivity index is 1.27. The number of alkyl carbamates (subject to hydrolysis) is 1. The van der Waals surface area contributed by atoms with E-state index in [1.807, 2.05) is 12.1 Å². The lowest BCUT2D eigenvalue weighted by atomic mass is 9.81. The number of amides is 1. The topological polar surface area (TPSA) is 101 Å². The summed E-state index contributed by atoms with van der Waals surface area (Å²) in [7, 11) is 1.38. The largest absolute Gasteiger partial charge is 0.477 e. The van der Waals surface area contributed by atoms with Crippen molar-refractivity contribution in [1.29, 1.82) is 0 Å². The van der Waals surface area contributed by atoms with Crippen molar-refractivity contribution >= 4 is 17.6 Å². The molecule has 1 amide bonds. The van der Waals surface area contributed by atoms with E-state index in [1.54, 1.807) is 6.20 Å². The zero-order valence-electron chi connectivity index (χ0n) is 17.0. The molecule has 2 aromatic rings. The number of nitrogens with zero attached hydrogens (tertiary/aromatic N) is 2. The first-order valence-electron chi connectivity index (χ1n) is 10.3. The molecule has 0 radical (unpaired) electrons. The lowest BCUT2D eigenvalue weighted by Gasteiger charge is -2.34. The number of anilines is 2. The van der Waals surface area contributed by atoms with Crippen LogP contribution in [0.4, 0.5) is 16.3 Å². The van der Waals surface area contributed by atoms with Gasteiger partial charge in [-0.25, -0.2) is 9.78 Å². The Morgan fingerprint density at radius 2 is 2.10 bits per heavy atom. The highest BCUT2D eigenvalue weighted by Gasteiger charge is 2.32. The van der Waals surface area contributed by atoms with Crippen LogP contribution in [0.15, 0.2) is 24.4 Å². The molecule has 0 atom stereocenters. The van der Waals surface area contributed by atoms with E-state index in [0.717, 1.165) is 24.3 Å². The smallest absolute Gasteiger partial charge is 0.407 e. The number of nitrogens with one attached hydrogen (secondary N) is 3. The van der Waals surface area contributed by atoms with E-state index in [0.29, 0.717) is 18.4 Å². The molecule has 0 spiro atoms. The van der Waals surface area contributed by atoms with Gasteiger partial charge in [0.2, 0.25) is 5.88 Å². The SMILES string of the molecule is COC(=O)NC1CC(COc2cc(Nc3cc(C4(C)CCCC4)[nH]n3)ccn2)C1. The second-order valence-corrected chi connectivity index (χ2v) is 8.42. The van der Waals surface area contributed by atoms with Gasteiger partial charge in [-0.1, -0.05) is 19.8 Å². The molecule has 2 fully saturated rings. The minimum Gasteiger partial charge on any atom is -0.477 e. The number of aromatic nitrogens is 3. The van der Waals surface area contributed by atoms with E-state index >= 15 is 0 Å². The molecule has 2 aliphatic rings. The lowest BCUT2D eigenvalue weighted by molar-refractivity contribution is 0.120. The third-order valence-corrected chi connectivity index (χ3v) is 6.15. The van der Waals surface area contributed by atoms with E-state index in [2.05, 4.69) is 43.5 Å². The number of rotatable bonds is 7. The molecular formula is C21H29N5O3. The monoisotopic (exact) mass is 399 g/mol. The van der Waals surface area contributed by atoms with Crippen molar-refractivity contribution < 1.29 is 14.3 Å². The van der Waals surface area contributed by atoms with Crippen LogP contribution in [0.25, 0.3) is 0 Å². The molecular weight excluding hydrogens is 370 g/mol. The van der Waals surface area contributed by atoms with E-state index in [4.69, 9.17) is 4.74 Å². The molecule has 0 aromatic carbocycles. The van der Waals surface area contributed by atoms with Crippen molar-refractivity contribution in [3.63, 3.8) is 0 Å². The Morgan fingerprint density at radius 3 is 2.86 bits per heavy atom. The van der Waals surface area contributed by atoms with Crippen LogP contribution in [0.3, 0.4) is 0 Å². The summed E-state index contributed by atoms with van der Waals surface area (Å²) in [6.07, 6.45) is 8.11. The summed E-state index contributed by atoms with van der Waals surface area (Å²) < 4.78 is 10.5. The number of hydrogen-bond donors (Lipinski definition) is 3. The molecule has 4 rings (SSSR count). The summed E-state index contributed by atoms with van der Waals surface area (Å²) in [4.78, 5) is 15.5. The quantitative estimate of drug-likeness (QED) is 0.653. The van der Waals surface area contributed by atoms with Crippen LogP contribution < -0.4 is 15.4 Å². The zero-order valence-corrected chi connectivity index (χ0v) is 17.0. The summed E-state index contributed by atoms with van der Waals surface area (Å²) in [5, 5.41) is 13.8. The fraction of sp³-hybridized carbons (Fsp3) is 0.571. The van der Waals surface area contributed by atoms with Crippen LogP contribution in [-0.2, 0) is 10.2 Å². The Hall–Kier alpha value is -2.77.